The average Bonchev–Trinajstić information content (AvgIpc) is 3.55. The summed E-state index contributed by atoms with van der Waals surface area (Å²) in [4.78, 5) is 22.0. The van der Waals surface area contributed by atoms with Gasteiger partial charge in [-0.25, -0.2) is 13.2 Å². The van der Waals surface area contributed by atoms with Gasteiger partial charge in [0.05, 0.1) is 16.1 Å². The Kier molecular flexibility index (Phi) is 7.72. The molecule has 0 aliphatic carbocycles. The molecule has 0 radical (unpaired) electrons. The van der Waals surface area contributed by atoms with Crippen LogP contribution in [0.2, 0.25) is 0 Å². The number of para-hydroxylation sites is 1. The summed E-state index contributed by atoms with van der Waals surface area (Å²) in [5.41, 5.74) is 1.68. The maximum Gasteiger partial charge on any atom is 0.323 e. The zero-order valence-corrected chi connectivity index (χ0v) is 21.7. The first kappa shape index (κ1) is 25.6. The van der Waals surface area contributed by atoms with Crippen LogP contribution in [0.5, 0.6) is 5.75 Å². The number of hydrogen-bond donors (Lipinski definition) is 4. The van der Waals surface area contributed by atoms with Crippen molar-refractivity contribution in [2.24, 2.45) is 5.92 Å². The molecule has 10 nitrogen and oxygen atoms in total. The van der Waals surface area contributed by atoms with Crippen LogP contribution < -0.4 is 15.7 Å². The number of sulfonamides is 1. The zero-order chi connectivity index (χ0) is 25.8. The summed E-state index contributed by atoms with van der Waals surface area (Å²) in [7, 11) is -3.53. The summed E-state index contributed by atoms with van der Waals surface area (Å²) in [6.45, 7) is 2.06. The standard InChI is InChI=1S/C25H29N5O5S2/c31-18(16-35-21-6-3-5-20-24(21)29-25(32)28-20)15-26-14-17-9-12-30(13-10-17)37(33,34)23-8-7-22(36-23)19-4-1-2-11-27-19/h1-8,11,17-18,26,31H,9-10,12-16H2,(H2,28,29,32)/t18-/m1/s1. The van der Waals surface area contributed by atoms with E-state index in [0.29, 0.717) is 53.1 Å². The van der Waals surface area contributed by atoms with Crippen LogP contribution in [0.3, 0.4) is 0 Å². The summed E-state index contributed by atoms with van der Waals surface area (Å²) in [5, 5.41) is 13.6. The Bertz CT molecular complexity index is 1490. The maximum absolute atomic E-state index is 13.1. The lowest BCUT2D eigenvalue weighted by molar-refractivity contribution is 0.105. The molecule has 3 aromatic heterocycles. The van der Waals surface area contributed by atoms with Gasteiger partial charge in [-0.2, -0.15) is 4.31 Å². The molecule has 37 heavy (non-hydrogen) atoms. The van der Waals surface area contributed by atoms with Crippen molar-refractivity contribution in [3.63, 3.8) is 0 Å². The van der Waals surface area contributed by atoms with E-state index in [-0.39, 0.29) is 12.3 Å². The normalized spacial score (nSPS) is 16.2. The maximum atomic E-state index is 13.1. The van der Waals surface area contributed by atoms with Crippen LogP contribution in [-0.2, 0) is 10.0 Å². The Morgan fingerprint density at radius 2 is 1.97 bits per heavy atom. The number of imidazole rings is 1. The third kappa shape index (κ3) is 5.94. The fraction of sp³-hybridized carbons (Fsp3) is 0.360. The van der Waals surface area contributed by atoms with Crippen LogP contribution >= 0.6 is 11.3 Å². The van der Waals surface area contributed by atoms with Gasteiger partial charge < -0.3 is 25.1 Å². The number of ether oxygens (including phenoxy) is 1. The molecule has 196 valence electrons. The van der Waals surface area contributed by atoms with Gasteiger partial charge in [-0.05, 0) is 61.7 Å². The number of nitrogens with zero attached hydrogens (tertiary/aromatic N) is 2. The molecule has 0 saturated carbocycles. The molecule has 1 fully saturated rings. The number of thiophene rings is 1. The van der Waals surface area contributed by atoms with Crippen LogP contribution in [0, 0.1) is 5.92 Å². The van der Waals surface area contributed by atoms with Crippen molar-refractivity contribution < 1.29 is 18.3 Å². The monoisotopic (exact) mass is 543 g/mol. The molecule has 1 saturated heterocycles. The Morgan fingerprint density at radius 1 is 1.14 bits per heavy atom. The summed E-state index contributed by atoms with van der Waals surface area (Å²) in [5.74, 6) is 0.826. The van der Waals surface area contributed by atoms with E-state index in [1.54, 1.807) is 34.8 Å². The minimum Gasteiger partial charge on any atom is -0.489 e. The molecular formula is C25H29N5O5S2. The molecule has 1 aromatic carbocycles. The highest BCUT2D eigenvalue weighted by Gasteiger charge is 2.30. The van der Waals surface area contributed by atoms with E-state index in [1.807, 2.05) is 24.3 Å². The van der Waals surface area contributed by atoms with Gasteiger partial charge in [-0.15, -0.1) is 11.3 Å². The third-order valence-corrected chi connectivity index (χ3v) is 9.90. The molecule has 12 heteroatoms. The molecule has 0 spiro atoms. The van der Waals surface area contributed by atoms with Crippen LogP contribution in [0.4, 0.5) is 0 Å². The van der Waals surface area contributed by atoms with Crippen LogP contribution in [0.1, 0.15) is 12.8 Å². The molecule has 0 amide bonds. The minimum absolute atomic E-state index is 0.0807. The van der Waals surface area contributed by atoms with Crippen molar-refractivity contribution in [2.45, 2.75) is 23.2 Å². The largest absolute Gasteiger partial charge is 0.489 e. The smallest absolute Gasteiger partial charge is 0.323 e. The fourth-order valence-corrected chi connectivity index (χ4v) is 7.34. The molecule has 4 heterocycles. The Labute approximate surface area is 218 Å². The summed E-state index contributed by atoms with van der Waals surface area (Å²) >= 11 is 1.25. The molecule has 1 aliphatic rings. The topological polar surface area (TPSA) is 140 Å². The highest BCUT2D eigenvalue weighted by atomic mass is 32.2. The zero-order valence-electron chi connectivity index (χ0n) is 20.1. The molecule has 0 unspecified atom stereocenters. The first-order valence-corrected chi connectivity index (χ1v) is 14.4. The lowest BCUT2D eigenvalue weighted by Gasteiger charge is -2.31. The Hall–Kier alpha value is -3.03. The second kappa shape index (κ2) is 11.2. The molecule has 0 bridgehead atoms. The quantitative estimate of drug-likeness (QED) is 0.241. The first-order chi connectivity index (χ1) is 17.9. The minimum atomic E-state index is -3.53. The van der Waals surface area contributed by atoms with E-state index in [2.05, 4.69) is 20.3 Å². The number of fused-ring (bicyclic) bond motifs is 1. The highest BCUT2D eigenvalue weighted by Crippen LogP contribution is 2.32. The number of aromatic amines is 2. The number of rotatable bonds is 10. The first-order valence-electron chi connectivity index (χ1n) is 12.1. The number of hydrogen-bond acceptors (Lipinski definition) is 8. The van der Waals surface area contributed by atoms with E-state index in [1.165, 1.54) is 11.3 Å². The van der Waals surface area contributed by atoms with Gasteiger partial charge in [0.2, 0.25) is 0 Å². The van der Waals surface area contributed by atoms with Gasteiger partial charge in [0.25, 0.3) is 10.0 Å². The lowest BCUT2D eigenvalue weighted by atomic mass is 9.98. The van der Waals surface area contributed by atoms with E-state index in [9.17, 15) is 18.3 Å². The van der Waals surface area contributed by atoms with Crippen molar-refractivity contribution in [1.82, 2.24) is 24.6 Å². The molecular weight excluding hydrogens is 514 g/mol. The fourth-order valence-electron chi connectivity index (χ4n) is 4.44. The Morgan fingerprint density at radius 3 is 2.76 bits per heavy atom. The number of piperidine rings is 1. The molecule has 4 N–H and O–H groups in total. The highest BCUT2D eigenvalue weighted by molar-refractivity contribution is 7.91. The lowest BCUT2D eigenvalue weighted by Crippen LogP contribution is -2.41. The molecule has 5 rings (SSSR count). The van der Waals surface area contributed by atoms with Crippen molar-refractivity contribution in [1.29, 1.82) is 0 Å². The van der Waals surface area contributed by atoms with E-state index in [0.717, 1.165) is 23.4 Å². The Balaban J connectivity index is 1.06. The number of H-pyrrole nitrogens is 2. The van der Waals surface area contributed by atoms with Crippen LogP contribution in [0.15, 0.2) is 63.7 Å². The van der Waals surface area contributed by atoms with Crippen molar-refractivity contribution in [3.05, 3.63) is 65.2 Å². The van der Waals surface area contributed by atoms with Gasteiger partial charge in [-0.1, -0.05) is 12.1 Å². The van der Waals surface area contributed by atoms with Gasteiger partial charge in [0.15, 0.2) is 0 Å². The van der Waals surface area contributed by atoms with Gasteiger partial charge >= 0.3 is 5.69 Å². The second-order valence-electron chi connectivity index (χ2n) is 9.06. The number of aliphatic hydroxyl groups is 1. The number of benzene rings is 1. The SMILES string of the molecule is O=c1[nH]c2cccc(OC[C@H](O)CNCC3CCN(S(=O)(=O)c4ccc(-c5ccccn5)s4)CC3)c2[nH]1. The molecule has 1 aliphatic heterocycles. The third-order valence-electron chi connectivity index (χ3n) is 6.42. The van der Waals surface area contributed by atoms with Gasteiger partial charge in [-0.3, -0.25) is 4.98 Å². The molecule has 1 atom stereocenters. The van der Waals surface area contributed by atoms with E-state index in [4.69, 9.17) is 4.74 Å². The van der Waals surface area contributed by atoms with Crippen molar-refractivity contribution >= 4 is 32.4 Å². The number of nitrogens with one attached hydrogen (secondary N) is 3. The van der Waals surface area contributed by atoms with Crippen molar-refractivity contribution in [2.75, 3.05) is 32.8 Å². The van der Waals surface area contributed by atoms with Gasteiger partial charge in [0.1, 0.15) is 28.2 Å². The van der Waals surface area contributed by atoms with E-state index < -0.39 is 16.1 Å². The number of pyridine rings is 1. The van der Waals surface area contributed by atoms with Crippen LogP contribution in [-0.4, -0.2) is 71.7 Å². The predicted molar refractivity (Wildman–Crippen MR) is 142 cm³/mol. The second-order valence-corrected chi connectivity index (χ2v) is 12.3. The van der Waals surface area contributed by atoms with Gasteiger partial charge in [0, 0.05) is 25.8 Å². The molecule has 4 aromatic rings. The predicted octanol–water partition coefficient (Wildman–Crippen LogP) is 2.41. The summed E-state index contributed by atoms with van der Waals surface area (Å²) in [6, 6.07) is 14.3. The number of aliphatic hydroxyl groups excluding tert-OH is 1. The number of aromatic nitrogens is 3. The van der Waals surface area contributed by atoms with Crippen LogP contribution in [0.25, 0.3) is 21.6 Å². The van der Waals surface area contributed by atoms with Crippen molar-refractivity contribution in [3.8, 4) is 16.3 Å². The average molecular weight is 544 g/mol. The summed E-state index contributed by atoms with van der Waals surface area (Å²) in [6.07, 6.45) is 2.47. The summed E-state index contributed by atoms with van der Waals surface area (Å²) < 4.78 is 33.9. The van der Waals surface area contributed by atoms with E-state index >= 15 is 0 Å².